The average Bonchev–Trinajstić information content (AvgIpc) is 2.72. The van der Waals surface area contributed by atoms with E-state index in [1.165, 1.54) is 38.6 Å². The molecule has 0 N–H and O–H groups in total. The zero-order chi connectivity index (χ0) is 19.2. The van der Waals surface area contributed by atoms with Crippen molar-refractivity contribution in [2.24, 2.45) is 5.92 Å². The second-order valence-corrected chi connectivity index (χ2v) is 8.65. The molecule has 1 aromatic rings. The maximum absolute atomic E-state index is 12.4. The normalized spacial score (nSPS) is 24.7. The van der Waals surface area contributed by atoms with E-state index in [9.17, 15) is 4.79 Å². The first-order valence-corrected chi connectivity index (χ1v) is 11.1. The van der Waals surface area contributed by atoms with Crippen molar-refractivity contribution in [2.45, 2.75) is 63.7 Å². The van der Waals surface area contributed by atoms with Gasteiger partial charge in [-0.25, -0.2) is 4.79 Å². The molecule has 0 radical (unpaired) electrons. The van der Waals surface area contributed by atoms with E-state index in [1.54, 1.807) is 0 Å². The largest absolute Gasteiger partial charge is 0.445 e. The number of hydrogen-bond donors (Lipinski definition) is 0. The molecule has 2 heterocycles. The molecule has 4 rings (SSSR count). The van der Waals surface area contributed by atoms with Crippen molar-refractivity contribution < 1.29 is 14.3 Å². The first-order valence-electron chi connectivity index (χ1n) is 11.1. The summed E-state index contributed by atoms with van der Waals surface area (Å²) in [6.45, 7) is 5.26. The molecular formula is C23H34N2O3. The van der Waals surface area contributed by atoms with Crippen LogP contribution in [-0.2, 0) is 16.1 Å². The van der Waals surface area contributed by atoms with E-state index >= 15 is 0 Å². The molecule has 5 heteroatoms. The number of likely N-dealkylation sites (tertiary alicyclic amines) is 2. The second-order valence-electron chi connectivity index (χ2n) is 8.65. The van der Waals surface area contributed by atoms with Crippen molar-refractivity contribution in [2.75, 3.05) is 32.8 Å². The highest BCUT2D eigenvalue weighted by atomic mass is 16.6. The summed E-state index contributed by atoms with van der Waals surface area (Å²) in [5, 5.41) is 0. The van der Waals surface area contributed by atoms with Gasteiger partial charge in [0.15, 0.2) is 0 Å². The predicted molar refractivity (Wildman–Crippen MR) is 109 cm³/mol. The minimum absolute atomic E-state index is 0.173. The van der Waals surface area contributed by atoms with E-state index in [0.29, 0.717) is 24.7 Å². The quantitative estimate of drug-likeness (QED) is 0.739. The molecule has 1 amide bonds. The van der Waals surface area contributed by atoms with E-state index in [4.69, 9.17) is 9.47 Å². The highest BCUT2D eigenvalue weighted by Gasteiger charge is 2.31. The van der Waals surface area contributed by atoms with E-state index in [2.05, 4.69) is 4.90 Å². The first kappa shape index (κ1) is 19.7. The highest BCUT2D eigenvalue weighted by molar-refractivity contribution is 5.67. The molecule has 5 nitrogen and oxygen atoms in total. The molecule has 2 aliphatic heterocycles. The third-order valence-electron chi connectivity index (χ3n) is 6.61. The predicted octanol–water partition coefficient (Wildman–Crippen LogP) is 4.07. The fourth-order valence-electron chi connectivity index (χ4n) is 4.60. The Morgan fingerprint density at radius 3 is 2.46 bits per heavy atom. The lowest BCUT2D eigenvalue weighted by atomic mass is 9.93. The van der Waals surface area contributed by atoms with Gasteiger partial charge in [0.1, 0.15) is 6.61 Å². The Labute approximate surface area is 169 Å². The van der Waals surface area contributed by atoms with Gasteiger partial charge < -0.3 is 14.4 Å². The van der Waals surface area contributed by atoms with Gasteiger partial charge in [-0.1, -0.05) is 30.3 Å². The van der Waals surface area contributed by atoms with Crippen molar-refractivity contribution in [3.8, 4) is 0 Å². The van der Waals surface area contributed by atoms with Crippen LogP contribution in [0.15, 0.2) is 30.3 Å². The van der Waals surface area contributed by atoms with Crippen LogP contribution in [-0.4, -0.2) is 60.8 Å². The van der Waals surface area contributed by atoms with Crippen LogP contribution in [0.1, 0.15) is 50.5 Å². The summed E-state index contributed by atoms with van der Waals surface area (Å²) in [4.78, 5) is 16.9. The van der Waals surface area contributed by atoms with Crippen LogP contribution >= 0.6 is 0 Å². The third kappa shape index (κ3) is 5.26. The summed E-state index contributed by atoms with van der Waals surface area (Å²) >= 11 is 0. The summed E-state index contributed by atoms with van der Waals surface area (Å²) in [6.07, 6.45) is 8.91. The Hall–Kier alpha value is -1.59. The highest BCUT2D eigenvalue weighted by Crippen LogP contribution is 2.27. The summed E-state index contributed by atoms with van der Waals surface area (Å²) < 4.78 is 11.6. The van der Waals surface area contributed by atoms with Gasteiger partial charge in [0.2, 0.25) is 0 Å². The third-order valence-corrected chi connectivity index (χ3v) is 6.61. The Balaban J connectivity index is 1.17. The molecule has 1 atom stereocenters. The van der Waals surface area contributed by atoms with E-state index in [1.807, 2.05) is 35.2 Å². The van der Waals surface area contributed by atoms with Gasteiger partial charge in [-0.3, -0.25) is 4.90 Å². The Morgan fingerprint density at radius 2 is 1.75 bits per heavy atom. The molecule has 2 saturated heterocycles. The van der Waals surface area contributed by atoms with Crippen LogP contribution in [0, 0.1) is 5.92 Å². The molecule has 3 aliphatic rings. The minimum Gasteiger partial charge on any atom is -0.445 e. The number of carbonyl (C=O) groups is 1. The van der Waals surface area contributed by atoms with Gasteiger partial charge in [0.05, 0.1) is 12.7 Å². The molecule has 1 saturated carbocycles. The van der Waals surface area contributed by atoms with Crippen LogP contribution in [0.25, 0.3) is 0 Å². The Kier molecular flexibility index (Phi) is 6.86. The molecule has 0 bridgehead atoms. The fourth-order valence-corrected chi connectivity index (χ4v) is 4.60. The number of ether oxygens (including phenoxy) is 2. The summed E-state index contributed by atoms with van der Waals surface area (Å²) in [5.41, 5.74) is 1.04. The monoisotopic (exact) mass is 386 g/mol. The SMILES string of the molecule is O=C(OCc1ccccc1)N1CCC(N2CCCC(COC3CCC3)C2)CC1. The zero-order valence-electron chi connectivity index (χ0n) is 16.9. The number of nitrogens with zero attached hydrogens (tertiary/aromatic N) is 2. The smallest absolute Gasteiger partial charge is 0.410 e. The average molecular weight is 387 g/mol. The van der Waals surface area contributed by atoms with Crippen molar-refractivity contribution in [1.82, 2.24) is 9.80 Å². The fraction of sp³-hybridized carbons (Fsp3) is 0.696. The molecular weight excluding hydrogens is 352 g/mol. The van der Waals surface area contributed by atoms with E-state index in [-0.39, 0.29) is 6.09 Å². The molecule has 1 aliphatic carbocycles. The first-order chi connectivity index (χ1) is 13.8. The number of carbonyl (C=O) groups excluding carboxylic acids is 1. The summed E-state index contributed by atoms with van der Waals surface area (Å²) in [7, 11) is 0. The molecule has 28 heavy (non-hydrogen) atoms. The number of benzene rings is 1. The Bertz CT molecular complexity index is 612. The zero-order valence-corrected chi connectivity index (χ0v) is 16.9. The van der Waals surface area contributed by atoms with Crippen LogP contribution in [0.3, 0.4) is 0 Å². The summed E-state index contributed by atoms with van der Waals surface area (Å²) in [5.74, 6) is 0.684. The van der Waals surface area contributed by atoms with Crippen molar-refractivity contribution in [1.29, 1.82) is 0 Å². The summed E-state index contributed by atoms with van der Waals surface area (Å²) in [6, 6.07) is 10.5. The lowest BCUT2D eigenvalue weighted by Gasteiger charge is -2.42. The number of piperidine rings is 2. The van der Waals surface area contributed by atoms with Gasteiger partial charge >= 0.3 is 6.09 Å². The van der Waals surface area contributed by atoms with Gasteiger partial charge in [0.25, 0.3) is 0 Å². The number of hydrogen-bond acceptors (Lipinski definition) is 4. The second kappa shape index (κ2) is 9.75. The molecule has 0 spiro atoms. The van der Waals surface area contributed by atoms with Gasteiger partial charge in [-0.15, -0.1) is 0 Å². The molecule has 1 unspecified atom stereocenters. The lowest BCUT2D eigenvalue weighted by Crippen LogP contribution is -2.50. The minimum atomic E-state index is -0.173. The van der Waals surface area contributed by atoms with Crippen molar-refractivity contribution in [3.63, 3.8) is 0 Å². The topological polar surface area (TPSA) is 42.0 Å². The standard InChI is InChI=1S/C23H34N2O3/c26-23(28-17-19-6-2-1-3-7-19)24-14-11-21(12-15-24)25-13-5-8-20(16-25)18-27-22-9-4-10-22/h1-3,6-7,20-22H,4-5,8-18H2. The van der Waals surface area contributed by atoms with Gasteiger partial charge in [-0.2, -0.15) is 0 Å². The molecule has 0 aromatic heterocycles. The Morgan fingerprint density at radius 1 is 0.964 bits per heavy atom. The van der Waals surface area contributed by atoms with Crippen LogP contribution in [0.2, 0.25) is 0 Å². The van der Waals surface area contributed by atoms with Crippen LogP contribution in [0.5, 0.6) is 0 Å². The maximum atomic E-state index is 12.4. The van der Waals surface area contributed by atoms with Crippen LogP contribution < -0.4 is 0 Å². The molecule has 1 aromatic carbocycles. The maximum Gasteiger partial charge on any atom is 0.410 e. The lowest BCUT2D eigenvalue weighted by molar-refractivity contribution is -0.0345. The molecule has 3 fully saturated rings. The van der Waals surface area contributed by atoms with Gasteiger partial charge in [-0.05, 0) is 63.0 Å². The molecule has 154 valence electrons. The van der Waals surface area contributed by atoms with Crippen molar-refractivity contribution in [3.05, 3.63) is 35.9 Å². The number of rotatable bonds is 6. The van der Waals surface area contributed by atoms with E-state index in [0.717, 1.165) is 44.6 Å². The number of amides is 1. The van der Waals surface area contributed by atoms with Crippen LogP contribution in [0.4, 0.5) is 4.79 Å². The van der Waals surface area contributed by atoms with Gasteiger partial charge in [0, 0.05) is 25.7 Å². The van der Waals surface area contributed by atoms with Crippen molar-refractivity contribution >= 4 is 6.09 Å². The van der Waals surface area contributed by atoms with E-state index < -0.39 is 0 Å².